The van der Waals surface area contributed by atoms with Crippen molar-refractivity contribution in [2.75, 3.05) is 0 Å². The maximum Gasteiger partial charge on any atom is 0.0908 e. The van der Waals surface area contributed by atoms with E-state index in [9.17, 15) is 0 Å². The average molecular weight is 187 g/mol. The summed E-state index contributed by atoms with van der Waals surface area (Å²) in [7, 11) is 0. The van der Waals surface area contributed by atoms with Crippen LogP contribution in [0.2, 0.25) is 0 Å². The van der Waals surface area contributed by atoms with E-state index in [0.717, 1.165) is 10.8 Å². The van der Waals surface area contributed by atoms with Crippen molar-refractivity contribution in [1.29, 1.82) is 5.26 Å². The van der Waals surface area contributed by atoms with E-state index >= 15 is 0 Å². The summed E-state index contributed by atoms with van der Waals surface area (Å²) in [5, 5.41) is 8.59. The molecule has 0 bridgehead atoms. The van der Waals surface area contributed by atoms with Gasteiger partial charge >= 0.3 is 0 Å². The molecule has 14 heavy (non-hydrogen) atoms. The van der Waals surface area contributed by atoms with Gasteiger partial charge in [-0.3, -0.25) is 0 Å². The van der Waals surface area contributed by atoms with Gasteiger partial charge in [0.1, 0.15) is 0 Å². The lowest BCUT2D eigenvalue weighted by atomic mass is 9.70. The molecule has 1 nitrogen and oxygen atoms in total. The second kappa shape index (κ2) is 2.24. The van der Waals surface area contributed by atoms with E-state index in [1.807, 2.05) is 0 Å². The molecule has 0 amide bonds. The monoisotopic (exact) mass is 187 g/mol. The Hall–Kier alpha value is -0.770. The Bertz CT molecular complexity index is 325. The smallest absolute Gasteiger partial charge is 0.0908 e. The lowest BCUT2D eigenvalue weighted by Crippen LogP contribution is -2.26. The molecule has 0 radical (unpaired) electrons. The summed E-state index contributed by atoms with van der Waals surface area (Å²) in [6.45, 7) is 2.25. The van der Waals surface area contributed by atoms with Crippen LogP contribution in [-0.4, -0.2) is 0 Å². The molecular weight excluding hydrogens is 170 g/mol. The Balaban J connectivity index is 1.63. The number of unbranched alkanes of at least 4 members (excludes halogenated alkanes) is 2. The van der Waals surface area contributed by atoms with Crippen LogP contribution in [-0.2, 0) is 0 Å². The second-order valence-corrected chi connectivity index (χ2v) is 5.41. The van der Waals surface area contributed by atoms with Crippen LogP contribution in [0, 0.1) is 27.6 Å². The average Bonchev–Trinajstić information content (AvgIpc) is 3.00. The van der Waals surface area contributed by atoms with E-state index < -0.39 is 0 Å². The highest BCUT2D eigenvalue weighted by Gasteiger charge is 3.10. The molecule has 0 atom stereocenters. The molecule has 3 aliphatic rings. The van der Waals surface area contributed by atoms with Crippen LogP contribution in [0.25, 0.3) is 0 Å². The summed E-state index contributed by atoms with van der Waals surface area (Å²) < 4.78 is 0. The number of nitrogens with zero attached hydrogens (tertiary/aromatic N) is 1. The van der Waals surface area contributed by atoms with Crippen LogP contribution in [0.5, 0.6) is 0 Å². The number of hydrogen-bond donors (Lipinski definition) is 0. The minimum Gasteiger partial charge on any atom is -0.193 e. The molecule has 0 saturated heterocycles. The standard InChI is InChI=1S/C13H17N/c1-2-3-4-6-11(7-5-8-14)12-9-13(11,12)10-12/h5,7H,2-4,6,9-10H2,1H3. The van der Waals surface area contributed by atoms with Gasteiger partial charge < -0.3 is 0 Å². The Kier molecular flexibility index (Phi) is 1.37. The SMILES string of the molecule is CCCCCC1(C=CC#N)C23CC12C3. The molecule has 0 aromatic rings. The quantitative estimate of drug-likeness (QED) is 0.478. The third-order valence-corrected chi connectivity index (χ3v) is 5.14. The van der Waals surface area contributed by atoms with Crippen LogP contribution in [0.4, 0.5) is 0 Å². The van der Waals surface area contributed by atoms with Crippen molar-refractivity contribution >= 4 is 0 Å². The summed E-state index contributed by atoms with van der Waals surface area (Å²) in [4.78, 5) is 0. The highest BCUT2D eigenvalue weighted by molar-refractivity contribution is 5.61. The zero-order valence-electron chi connectivity index (χ0n) is 8.84. The van der Waals surface area contributed by atoms with Gasteiger partial charge in [-0.2, -0.15) is 5.26 Å². The summed E-state index contributed by atoms with van der Waals surface area (Å²) in [5.74, 6) is 0. The molecule has 0 N–H and O–H groups in total. The third-order valence-electron chi connectivity index (χ3n) is 5.14. The fourth-order valence-electron chi connectivity index (χ4n) is 3.98. The van der Waals surface area contributed by atoms with Crippen molar-refractivity contribution < 1.29 is 0 Å². The van der Waals surface area contributed by atoms with Crippen LogP contribution in [0.1, 0.15) is 45.4 Å². The second-order valence-electron chi connectivity index (χ2n) is 5.41. The molecule has 0 aliphatic heterocycles. The van der Waals surface area contributed by atoms with Gasteiger partial charge in [0, 0.05) is 11.5 Å². The van der Waals surface area contributed by atoms with E-state index in [2.05, 4.69) is 19.1 Å². The summed E-state index contributed by atoms with van der Waals surface area (Å²) in [6, 6.07) is 2.15. The first-order chi connectivity index (χ1) is 6.79. The summed E-state index contributed by atoms with van der Waals surface area (Å²) >= 11 is 0. The summed E-state index contributed by atoms with van der Waals surface area (Å²) in [5.41, 5.74) is 1.99. The fourth-order valence-corrected chi connectivity index (χ4v) is 3.98. The van der Waals surface area contributed by atoms with E-state index in [4.69, 9.17) is 5.26 Å². The minimum atomic E-state index is 0.519. The molecular formula is C13H17N. The van der Waals surface area contributed by atoms with E-state index in [-0.39, 0.29) is 0 Å². The first kappa shape index (κ1) is 8.53. The molecule has 0 aromatic heterocycles. The van der Waals surface area contributed by atoms with E-state index in [1.54, 1.807) is 6.08 Å². The zero-order chi connectivity index (χ0) is 9.86. The third kappa shape index (κ3) is 0.629. The predicted molar refractivity (Wildman–Crippen MR) is 55.4 cm³/mol. The van der Waals surface area contributed by atoms with Gasteiger partial charge in [0.05, 0.1) is 6.07 Å². The van der Waals surface area contributed by atoms with Gasteiger partial charge in [0.25, 0.3) is 0 Å². The lowest BCUT2D eigenvalue weighted by molar-refractivity contribution is 0.201. The highest BCUT2D eigenvalue weighted by Crippen LogP contribution is 3.16. The maximum absolute atomic E-state index is 8.59. The fraction of sp³-hybridized carbons (Fsp3) is 0.769. The molecule has 1 heteroatoms. The first-order valence-electron chi connectivity index (χ1n) is 5.86. The molecule has 0 spiro atoms. The maximum atomic E-state index is 8.59. The van der Waals surface area contributed by atoms with Crippen molar-refractivity contribution in [1.82, 2.24) is 0 Å². The Morgan fingerprint density at radius 2 is 2.00 bits per heavy atom. The first-order valence-corrected chi connectivity index (χ1v) is 5.86. The van der Waals surface area contributed by atoms with Crippen molar-refractivity contribution in [2.45, 2.75) is 45.4 Å². The molecule has 74 valence electrons. The minimum absolute atomic E-state index is 0.519. The van der Waals surface area contributed by atoms with Gasteiger partial charge in [-0.05, 0) is 30.1 Å². The molecule has 3 rings (SSSR count). The van der Waals surface area contributed by atoms with Crippen LogP contribution < -0.4 is 0 Å². The molecule has 0 unspecified atom stereocenters. The van der Waals surface area contributed by atoms with Crippen LogP contribution in [0.15, 0.2) is 12.2 Å². The largest absolute Gasteiger partial charge is 0.193 e. The Labute approximate surface area is 85.8 Å². The number of allylic oxidation sites excluding steroid dienone is 2. The molecule has 0 aromatic carbocycles. The zero-order valence-corrected chi connectivity index (χ0v) is 8.84. The van der Waals surface area contributed by atoms with Crippen LogP contribution in [0.3, 0.4) is 0 Å². The topological polar surface area (TPSA) is 23.8 Å². The van der Waals surface area contributed by atoms with Gasteiger partial charge in [0.2, 0.25) is 0 Å². The van der Waals surface area contributed by atoms with E-state index in [0.29, 0.717) is 5.41 Å². The lowest BCUT2D eigenvalue weighted by Gasteiger charge is -2.34. The highest BCUT2D eigenvalue weighted by atomic mass is 15.1. The molecule has 3 saturated carbocycles. The number of hydrogen-bond acceptors (Lipinski definition) is 1. The number of rotatable bonds is 5. The van der Waals surface area contributed by atoms with Crippen molar-refractivity contribution in [2.24, 2.45) is 16.2 Å². The molecule has 0 heterocycles. The van der Waals surface area contributed by atoms with Gasteiger partial charge in [-0.25, -0.2) is 0 Å². The molecule has 3 aliphatic carbocycles. The Morgan fingerprint density at radius 1 is 1.29 bits per heavy atom. The van der Waals surface area contributed by atoms with Gasteiger partial charge in [-0.1, -0.05) is 32.3 Å². The normalized spacial score (nSPS) is 50.9. The Morgan fingerprint density at radius 3 is 2.43 bits per heavy atom. The van der Waals surface area contributed by atoms with Crippen molar-refractivity contribution in [3.8, 4) is 6.07 Å². The molecule has 3 fully saturated rings. The van der Waals surface area contributed by atoms with Crippen molar-refractivity contribution in [3.63, 3.8) is 0 Å². The number of nitriles is 1. The van der Waals surface area contributed by atoms with Crippen LogP contribution >= 0.6 is 0 Å². The van der Waals surface area contributed by atoms with Crippen molar-refractivity contribution in [3.05, 3.63) is 12.2 Å². The summed E-state index contributed by atoms with van der Waals surface area (Å²) in [6.07, 6.45) is 12.3. The van der Waals surface area contributed by atoms with Gasteiger partial charge in [-0.15, -0.1) is 0 Å². The van der Waals surface area contributed by atoms with E-state index in [1.165, 1.54) is 38.5 Å². The van der Waals surface area contributed by atoms with Gasteiger partial charge in [0.15, 0.2) is 0 Å². The predicted octanol–water partition coefficient (Wildman–Crippen LogP) is 3.43.